The highest BCUT2D eigenvalue weighted by Crippen LogP contribution is 2.36. The van der Waals surface area contributed by atoms with E-state index < -0.39 is 11.9 Å². The van der Waals surface area contributed by atoms with Crippen LogP contribution in [0, 0.1) is 0 Å². The van der Waals surface area contributed by atoms with Gasteiger partial charge in [-0.3, -0.25) is 9.59 Å². The van der Waals surface area contributed by atoms with Gasteiger partial charge < -0.3 is 9.47 Å². The fourth-order valence-corrected chi connectivity index (χ4v) is 2.34. The fourth-order valence-electron chi connectivity index (χ4n) is 1.44. The molecule has 22 heavy (non-hydrogen) atoms. The second kappa shape index (κ2) is 9.72. The summed E-state index contributed by atoms with van der Waals surface area (Å²) in [4.78, 5) is 23.1. The number of carbonyl (C=O) groups is 2. The standard InChI is InChI=1S/C15H15Cl3O4/c1-2-3-4-7-21-13(19)5-6-14(20)22-15-11(17)8-10(16)9-12(15)18/h3-4,8-9H,2,5-7H2,1H3/b4-3-. The van der Waals surface area contributed by atoms with E-state index >= 15 is 0 Å². The Bertz CT molecular complexity index is 547. The summed E-state index contributed by atoms with van der Waals surface area (Å²) < 4.78 is 9.95. The molecule has 0 aromatic heterocycles. The lowest BCUT2D eigenvalue weighted by molar-refractivity contribution is -0.145. The SMILES string of the molecule is CC/C=C\COC(=O)CCC(=O)Oc1c(Cl)cc(Cl)cc1Cl. The van der Waals surface area contributed by atoms with Gasteiger partial charge in [-0.1, -0.05) is 53.9 Å². The first-order valence-electron chi connectivity index (χ1n) is 6.59. The normalized spacial score (nSPS) is 10.7. The fraction of sp³-hybridized carbons (Fsp3) is 0.333. The molecule has 4 nitrogen and oxygen atoms in total. The monoisotopic (exact) mass is 364 g/mol. The van der Waals surface area contributed by atoms with Crippen LogP contribution < -0.4 is 4.74 Å². The van der Waals surface area contributed by atoms with Gasteiger partial charge in [0.1, 0.15) is 6.61 Å². The summed E-state index contributed by atoms with van der Waals surface area (Å²) in [6.45, 7) is 2.16. The smallest absolute Gasteiger partial charge is 0.311 e. The lowest BCUT2D eigenvalue weighted by atomic mass is 10.3. The van der Waals surface area contributed by atoms with Crippen LogP contribution in [0.5, 0.6) is 5.75 Å². The Kier molecular flexibility index (Phi) is 8.31. The van der Waals surface area contributed by atoms with Crippen molar-refractivity contribution in [3.8, 4) is 5.75 Å². The molecule has 1 aromatic carbocycles. The largest absolute Gasteiger partial charge is 0.461 e. The van der Waals surface area contributed by atoms with Gasteiger partial charge in [0.15, 0.2) is 5.75 Å². The summed E-state index contributed by atoms with van der Waals surface area (Å²) in [5.74, 6) is -1.09. The maximum absolute atomic E-state index is 11.7. The number of allylic oxidation sites excluding steroid dienone is 1. The molecule has 0 aliphatic heterocycles. The first-order valence-corrected chi connectivity index (χ1v) is 7.73. The molecular formula is C15H15Cl3O4. The van der Waals surface area contributed by atoms with Crippen LogP contribution in [0.25, 0.3) is 0 Å². The molecular weight excluding hydrogens is 351 g/mol. The van der Waals surface area contributed by atoms with Crippen molar-refractivity contribution in [2.45, 2.75) is 26.2 Å². The van der Waals surface area contributed by atoms with Crippen molar-refractivity contribution in [3.05, 3.63) is 39.4 Å². The maximum Gasteiger partial charge on any atom is 0.311 e. The second-order valence-corrected chi connectivity index (χ2v) is 5.49. The van der Waals surface area contributed by atoms with E-state index in [0.29, 0.717) is 5.02 Å². The van der Waals surface area contributed by atoms with Crippen molar-refractivity contribution < 1.29 is 19.1 Å². The van der Waals surface area contributed by atoms with E-state index in [1.54, 1.807) is 6.08 Å². The van der Waals surface area contributed by atoms with Gasteiger partial charge in [0, 0.05) is 5.02 Å². The summed E-state index contributed by atoms with van der Waals surface area (Å²) in [5.41, 5.74) is 0. The summed E-state index contributed by atoms with van der Waals surface area (Å²) in [5, 5.41) is 0.578. The minimum Gasteiger partial charge on any atom is -0.461 e. The van der Waals surface area contributed by atoms with Crippen LogP contribution in [0.3, 0.4) is 0 Å². The first kappa shape index (κ1) is 18.8. The number of ether oxygens (including phenoxy) is 2. The molecule has 1 aromatic rings. The molecule has 120 valence electrons. The van der Waals surface area contributed by atoms with Crippen LogP contribution >= 0.6 is 34.8 Å². The quantitative estimate of drug-likeness (QED) is 0.394. The zero-order chi connectivity index (χ0) is 16.5. The molecule has 0 N–H and O–H groups in total. The van der Waals surface area contributed by atoms with Gasteiger partial charge in [0.25, 0.3) is 0 Å². The molecule has 0 spiro atoms. The Morgan fingerprint density at radius 2 is 1.64 bits per heavy atom. The lowest BCUT2D eigenvalue weighted by Crippen LogP contribution is -2.12. The maximum atomic E-state index is 11.7. The van der Waals surface area contributed by atoms with Crippen LogP contribution in [0.1, 0.15) is 26.2 Å². The molecule has 0 bridgehead atoms. The van der Waals surface area contributed by atoms with Crippen molar-refractivity contribution in [2.75, 3.05) is 6.61 Å². The van der Waals surface area contributed by atoms with Crippen LogP contribution in [0.15, 0.2) is 24.3 Å². The Balaban J connectivity index is 2.44. The molecule has 0 unspecified atom stereocenters. The molecule has 0 saturated carbocycles. The van der Waals surface area contributed by atoms with Gasteiger partial charge in [-0.05, 0) is 18.6 Å². The van der Waals surface area contributed by atoms with Crippen molar-refractivity contribution >= 4 is 46.7 Å². The van der Waals surface area contributed by atoms with Crippen LogP contribution in [0.2, 0.25) is 15.1 Å². The summed E-state index contributed by atoms with van der Waals surface area (Å²) in [6.07, 6.45) is 4.27. The van der Waals surface area contributed by atoms with Gasteiger partial charge in [0.05, 0.1) is 22.9 Å². The van der Waals surface area contributed by atoms with Gasteiger partial charge in [-0.15, -0.1) is 0 Å². The number of hydrogen-bond acceptors (Lipinski definition) is 4. The van der Waals surface area contributed by atoms with E-state index in [9.17, 15) is 9.59 Å². The van der Waals surface area contributed by atoms with Crippen LogP contribution in [-0.4, -0.2) is 18.5 Å². The summed E-state index contributed by atoms with van der Waals surface area (Å²) >= 11 is 17.5. The highest BCUT2D eigenvalue weighted by atomic mass is 35.5. The van der Waals surface area contributed by atoms with Crippen molar-refractivity contribution in [3.63, 3.8) is 0 Å². The van der Waals surface area contributed by atoms with Crippen molar-refractivity contribution in [1.82, 2.24) is 0 Å². The van der Waals surface area contributed by atoms with Crippen molar-refractivity contribution in [2.24, 2.45) is 0 Å². The predicted octanol–water partition coefficient (Wildman–Crippen LogP) is 4.84. The molecule has 7 heteroatoms. The van der Waals surface area contributed by atoms with E-state index in [1.165, 1.54) is 12.1 Å². The molecule has 0 amide bonds. The summed E-state index contributed by atoms with van der Waals surface area (Å²) in [7, 11) is 0. The average molecular weight is 366 g/mol. The molecule has 1 rings (SSSR count). The summed E-state index contributed by atoms with van der Waals surface area (Å²) in [6, 6.07) is 2.82. The number of hydrogen-bond donors (Lipinski definition) is 0. The van der Waals surface area contributed by atoms with Crippen molar-refractivity contribution in [1.29, 1.82) is 0 Å². The third-order valence-corrected chi connectivity index (χ3v) is 3.23. The number of benzene rings is 1. The highest BCUT2D eigenvalue weighted by molar-refractivity contribution is 6.40. The third kappa shape index (κ3) is 6.69. The number of carbonyl (C=O) groups excluding carboxylic acids is 2. The zero-order valence-electron chi connectivity index (χ0n) is 11.9. The lowest BCUT2D eigenvalue weighted by Gasteiger charge is -2.08. The molecule has 0 heterocycles. The average Bonchev–Trinajstić information content (AvgIpc) is 2.45. The van der Waals surface area contributed by atoms with E-state index in [4.69, 9.17) is 44.3 Å². The topological polar surface area (TPSA) is 52.6 Å². The van der Waals surface area contributed by atoms with E-state index in [-0.39, 0.29) is 35.2 Å². The van der Waals surface area contributed by atoms with Gasteiger partial charge in [0.2, 0.25) is 0 Å². The number of rotatable bonds is 7. The Morgan fingerprint density at radius 3 is 2.23 bits per heavy atom. The van der Waals surface area contributed by atoms with E-state index in [2.05, 4.69) is 0 Å². The van der Waals surface area contributed by atoms with E-state index in [0.717, 1.165) is 6.42 Å². The Hall–Kier alpha value is -1.23. The minimum atomic E-state index is -0.632. The highest BCUT2D eigenvalue weighted by Gasteiger charge is 2.15. The molecule has 0 aliphatic rings. The molecule has 0 fully saturated rings. The first-order chi connectivity index (χ1) is 10.4. The molecule has 0 atom stereocenters. The predicted molar refractivity (Wildman–Crippen MR) is 86.7 cm³/mol. The molecule has 0 saturated heterocycles. The number of esters is 2. The zero-order valence-corrected chi connectivity index (χ0v) is 14.2. The Morgan fingerprint density at radius 1 is 1.05 bits per heavy atom. The molecule has 0 aliphatic carbocycles. The second-order valence-electron chi connectivity index (χ2n) is 4.24. The molecule has 0 radical (unpaired) electrons. The Labute approximate surface area is 143 Å². The van der Waals surface area contributed by atoms with Gasteiger partial charge in [-0.2, -0.15) is 0 Å². The number of halogens is 3. The van der Waals surface area contributed by atoms with Crippen LogP contribution in [-0.2, 0) is 14.3 Å². The van der Waals surface area contributed by atoms with E-state index in [1.807, 2.05) is 13.0 Å². The minimum absolute atomic E-state index is 0.0250. The van der Waals surface area contributed by atoms with Gasteiger partial charge >= 0.3 is 11.9 Å². The van der Waals surface area contributed by atoms with Crippen LogP contribution in [0.4, 0.5) is 0 Å². The third-order valence-electron chi connectivity index (χ3n) is 2.46. The van der Waals surface area contributed by atoms with Gasteiger partial charge in [-0.25, -0.2) is 0 Å².